The molecule has 0 atom stereocenters. The first kappa shape index (κ1) is 27.4. The molecule has 4 heteroatoms. The van der Waals surface area contributed by atoms with E-state index in [0.29, 0.717) is 12.2 Å². The Morgan fingerprint density at radius 3 is 2.31 bits per heavy atom. The van der Waals surface area contributed by atoms with Crippen molar-refractivity contribution in [1.82, 2.24) is 4.57 Å². The second-order valence-corrected chi connectivity index (χ2v) is 13.2. The van der Waals surface area contributed by atoms with E-state index < -0.39 is 0 Å². The van der Waals surface area contributed by atoms with E-state index in [9.17, 15) is 0 Å². The van der Waals surface area contributed by atoms with Crippen LogP contribution in [-0.2, 0) is 12.0 Å². The number of nitrogens with two attached hydrogens (primary N) is 1. The lowest BCUT2D eigenvalue weighted by Gasteiger charge is -2.32. The summed E-state index contributed by atoms with van der Waals surface area (Å²) < 4.78 is 2.47. The third kappa shape index (κ3) is 4.61. The Bertz CT molecular complexity index is 2270. The van der Waals surface area contributed by atoms with Crippen LogP contribution in [0.3, 0.4) is 0 Å². The van der Waals surface area contributed by atoms with Crippen LogP contribution >= 0.6 is 11.3 Å². The molecule has 7 aromatic rings. The molecule has 0 saturated heterocycles. The minimum absolute atomic E-state index is 0.0303. The summed E-state index contributed by atoms with van der Waals surface area (Å²) in [6.07, 6.45) is 2.01. The highest BCUT2D eigenvalue weighted by atomic mass is 32.1. The number of aliphatic imine (C=N–C) groups is 1. The number of hydrogen-bond donors (Lipinski definition) is 1. The molecular weight excluding hydrogens is 567 g/mol. The predicted molar refractivity (Wildman–Crippen MR) is 192 cm³/mol. The van der Waals surface area contributed by atoms with Gasteiger partial charge in [-0.2, -0.15) is 0 Å². The van der Waals surface area contributed by atoms with Crippen LogP contribution in [0, 0.1) is 0 Å². The number of rotatable bonds is 6. The van der Waals surface area contributed by atoms with Gasteiger partial charge in [0.25, 0.3) is 0 Å². The third-order valence-electron chi connectivity index (χ3n) is 9.08. The van der Waals surface area contributed by atoms with Crippen molar-refractivity contribution >= 4 is 44.6 Å². The van der Waals surface area contributed by atoms with Crippen LogP contribution in [0.25, 0.3) is 44.3 Å². The molecule has 2 aromatic heterocycles. The zero-order chi connectivity index (χ0) is 30.5. The van der Waals surface area contributed by atoms with Crippen molar-refractivity contribution in [1.29, 1.82) is 0 Å². The molecule has 3 heterocycles. The Kier molecular flexibility index (Phi) is 6.54. The highest BCUT2D eigenvalue weighted by molar-refractivity contribution is 7.10. The van der Waals surface area contributed by atoms with Gasteiger partial charge in [-0.1, -0.05) is 117 Å². The smallest absolute Gasteiger partial charge is 0.0671 e. The summed E-state index contributed by atoms with van der Waals surface area (Å²) in [7, 11) is 0. The zero-order valence-corrected chi connectivity index (χ0v) is 26.2. The number of benzene rings is 5. The molecule has 5 aromatic carbocycles. The molecule has 1 aliphatic rings. The largest absolute Gasteiger partial charge is 0.398 e. The molecule has 0 amide bonds. The fourth-order valence-electron chi connectivity index (χ4n) is 6.77. The molecule has 8 rings (SSSR count). The second kappa shape index (κ2) is 10.8. The zero-order valence-electron chi connectivity index (χ0n) is 25.4. The third-order valence-corrected chi connectivity index (χ3v) is 10.3. The Morgan fingerprint density at radius 1 is 0.756 bits per heavy atom. The van der Waals surface area contributed by atoms with Crippen LogP contribution in [-0.4, -0.2) is 10.3 Å². The van der Waals surface area contributed by atoms with E-state index >= 15 is 0 Å². The lowest BCUT2D eigenvalue weighted by atomic mass is 9.79. The average Bonchev–Trinajstić information content (AvgIpc) is 3.71. The summed E-state index contributed by atoms with van der Waals surface area (Å²) in [5, 5.41) is 4.79. The summed E-state index contributed by atoms with van der Waals surface area (Å²) in [6, 6.07) is 45.0. The van der Waals surface area contributed by atoms with Gasteiger partial charge in [-0.3, -0.25) is 4.99 Å². The Balaban J connectivity index is 1.20. The minimum Gasteiger partial charge on any atom is -0.398 e. The maximum atomic E-state index is 6.80. The van der Waals surface area contributed by atoms with Crippen LogP contribution < -0.4 is 5.73 Å². The number of nitrogens with zero attached hydrogens (tertiary/aromatic N) is 2. The fourth-order valence-corrected chi connectivity index (χ4v) is 7.79. The summed E-state index contributed by atoms with van der Waals surface area (Å²) in [4.78, 5) is 6.39. The van der Waals surface area contributed by atoms with Crippen molar-refractivity contribution in [3.63, 3.8) is 0 Å². The van der Waals surface area contributed by atoms with E-state index in [2.05, 4.69) is 115 Å². The fraction of sp³-hybridized carbons (Fsp3) is 0.0976. The van der Waals surface area contributed by atoms with Crippen LogP contribution in [0.15, 0.2) is 144 Å². The second-order valence-electron chi connectivity index (χ2n) is 12.3. The molecule has 0 saturated carbocycles. The summed E-state index contributed by atoms with van der Waals surface area (Å²) in [5.74, 6) is 0. The molecule has 0 spiro atoms. The standard InChI is InChI=1S/C41H33N3S/c1-41(2)34-18-10-17-32-33-24-30(19-20-37(33)44(39(32)34)38-21-22-45-40(38)41)29-15-9-16-31(23-29)35(42)25-36(28-13-7-4-8-14-28)43-26-27-11-5-3-6-12-27/h3-25H,26,42H2,1-2H3/b35-25-,43-36?. The average molecular weight is 600 g/mol. The van der Waals surface area contributed by atoms with E-state index in [1.54, 1.807) is 0 Å². The molecule has 1 aliphatic heterocycles. The van der Waals surface area contributed by atoms with Crippen LogP contribution in [0.1, 0.15) is 41.0 Å². The predicted octanol–water partition coefficient (Wildman–Crippen LogP) is 10.1. The first-order valence-electron chi connectivity index (χ1n) is 15.4. The Morgan fingerprint density at radius 2 is 1.49 bits per heavy atom. The number of hydrogen-bond acceptors (Lipinski definition) is 3. The van der Waals surface area contributed by atoms with Gasteiger partial charge >= 0.3 is 0 Å². The van der Waals surface area contributed by atoms with Crippen molar-refractivity contribution in [2.45, 2.75) is 25.8 Å². The van der Waals surface area contributed by atoms with E-state index in [0.717, 1.165) is 28.0 Å². The molecule has 218 valence electrons. The van der Waals surface area contributed by atoms with Crippen molar-refractivity contribution < 1.29 is 0 Å². The number of thiophene rings is 1. The van der Waals surface area contributed by atoms with Crippen LogP contribution in [0.2, 0.25) is 0 Å². The van der Waals surface area contributed by atoms with Crippen molar-refractivity contribution in [2.24, 2.45) is 10.7 Å². The van der Waals surface area contributed by atoms with Crippen LogP contribution in [0.5, 0.6) is 0 Å². The number of para-hydroxylation sites is 1. The van der Waals surface area contributed by atoms with Crippen molar-refractivity contribution in [3.8, 4) is 16.8 Å². The monoisotopic (exact) mass is 599 g/mol. The molecule has 45 heavy (non-hydrogen) atoms. The minimum atomic E-state index is -0.0303. The van der Waals surface area contributed by atoms with Gasteiger partial charge < -0.3 is 10.3 Å². The molecule has 3 nitrogen and oxygen atoms in total. The van der Waals surface area contributed by atoms with Crippen LogP contribution in [0.4, 0.5) is 0 Å². The van der Waals surface area contributed by atoms with Crippen molar-refractivity contribution in [2.75, 3.05) is 0 Å². The molecule has 0 bridgehead atoms. The lowest BCUT2D eigenvalue weighted by molar-refractivity contribution is 0.646. The SMILES string of the molecule is CC1(C)c2sccc2-n2c3ccc(-c4cccc(/C(N)=C/C(=NCc5ccccc5)c5ccccc5)c4)cc3c3cccc1c32. The summed E-state index contributed by atoms with van der Waals surface area (Å²) in [5.41, 5.74) is 19.1. The van der Waals surface area contributed by atoms with Gasteiger partial charge in [-0.05, 0) is 69.1 Å². The van der Waals surface area contributed by atoms with E-state index in [4.69, 9.17) is 10.7 Å². The topological polar surface area (TPSA) is 43.3 Å². The summed E-state index contributed by atoms with van der Waals surface area (Å²) in [6.45, 7) is 5.29. The molecule has 0 unspecified atom stereocenters. The molecule has 0 fully saturated rings. The Labute approximate surface area is 267 Å². The van der Waals surface area contributed by atoms with E-state index in [1.807, 2.05) is 53.8 Å². The lowest BCUT2D eigenvalue weighted by Crippen LogP contribution is -2.24. The normalized spacial score (nSPS) is 14.2. The van der Waals surface area contributed by atoms with Crippen molar-refractivity contribution in [3.05, 3.63) is 166 Å². The molecule has 0 aliphatic carbocycles. The van der Waals surface area contributed by atoms with Gasteiger partial charge in [0.2, 0.25) is 0 Å². The maximum absolute atomic E-state index is 6.80. The highest BCUT2D eigenvalue weighted by Gasteiger charge is 2.36. The molecule has 0 radical (unpaired) electrons. The maximum Gasteiger partial charge on any atom is 0.0671 e. The highest BCUT2D eigenvalue weighted by Crippen LogP contribution is 2.49. The first-order valence-corrected chi connectivity index (χ1v) is 16.2. The van der Waals surface area contributed by atoms with Gasteiger partial charge in [-0.25, -0.2) is 0 Å². The van der Waals surface area contributed by atoms with Gasteiger partial charge in [0.05, 0.1) is 29.0 Å². The molecular formula is C41H33N3S. The van der Waals surface area contributed by atoms with Gasteiger partial charge in [0, 0.05) is 26.8 Å². The van der Waals surface area contributed by atoms with E-state index in [-0.39, 0.29) is 5.41 Å². The van der Waals surface area contributed by atoms with Gasteiger partial charge in [0.1, 0.15) is 0 Å². The number of fused-ring (bicyclic) bond motifs is 5. The Hall–Kier alpha value is -5.19. The van der Waals surface area contributed by atoms with Gasteiger partial charge in [-0.15, -0.1) is 11.3 Å². The quantitative estimate of drug-likeness (QED) is 0.190. The summed E-state index contributed by atoms with van der Waals surface area (Å²) >= 11 is 1.85. The van der Waals surface area contributed by atoms with E-state index in [1.165, 1.54) is 43.5 Å². The number of allylic oxidation sites excluding steroid dienone is 1. The molecule has 2 N–H and O–H groups in total. The number of aromatic nitrogens is 1. The first-order chi connectivity index (χ1) is 22.0. The van der Waals surface area contributed by atoms with Gasteiger partial charge in [0.15, 0.2) is 0 Å².